The van der Waals surface area contributed by atoms with Crippen molar-refractivity contribution < 1.29 is 19.1 Å². The molecule has 142 valence electrons. The number of hydrogen-bond acceptors (Lipinski definition) is 5. The number of rotatable bonds is 7. The summed E-state index contributed by atoms with van der Waals surface area (Å²) >= 11 is 0. The first kappa shape index (κ1) is 19.3. The lowest BCUT2D eigenvalue weighted by Gasteiger charge is -2.12. The van der Waals surface area contributed by atoms with Gasteiger partial charge in [0.1, 0.15) is 0 Å². The van der Waals surface area contributed by atoms with Gasteiger partial charge in [-0.05, 0) is 42.3 Å². The minimum Gasteiger partial charge on any atom is -0.385 e. The number of nitrogens with zero attached hydrogens (tertiary/aromatic N) is 2. The maximum Gasteiger partial charge on any atom is 0.261 e. The summed E-state index contributed by atoms with van der Waals surface area (Å²) in [5.74, 6) is -1.13. The zero-order valence-electron chi connectivity index (χ0n) is 15.4. The molecule has 0 aromatic heterocycles. The van der Waals surface area contributed by atoms with Gasteiger partial charge in [-0.3, -0.25) is 19.3 Å². The highest BCUT2D eigenvalue weighted by molar-refractivity contribution is 6.22. The van der Waals surface area contributed by atoms with Crippen LogP contribution < -0.4 is 5.32 Å². The van der Waals surface area contributed by atoms with E-state index in [2.05, 4.69) is 11.4 Å². The van der Waals surface area contributed by atoms with Gasteiger partial charge in [0.15, 0.2) is 0 Å². The van der Waals surface area contributed by atoms with Gasteiger partial charge in [-0.25, -0.2) is 0 Å². The Labute approximate surface area is 162 Å². The molecule has 1 aliphatic rings. The molecule has 28 heavy (non-hydrogen) atoms. The van der Waals surface area contributed by atoms with Crippen LogP contribution in [0.5, 0.6) is 0 Å². The number of ether oxygens (including phenoxy) is 1. The Hall–Kier alpha value is -3.50. The number of fused-ring (bicyclic) bond motifs is 1. The molecule has 7 nitrogen and oxygen atoms in total. The van der Waals surface area contributed by atoms with E-state index in [9.17, 15) is 14.4 Å². The van der Waals surface area contributed by atoms with Gasteiger partial charge in [0.2, 0.25) is 0 Å². The maximum atomic E-state index is 12.5. The molecule has 0 saturated carbocycles. The van der Waals surface area contributed by atoms with Crippen molar-refractivity contribution in [3.05, 3.63) is 64.7 Å². The quantitative estimate of drug-likeness (QED) is 0.591. The Morgan fingerprint density at radius 2 is 1.82 bits per heavy atom. The van der Waals surface area contributed by atoms with E-state index in [0.717, 1.165) is 5.56 Å². The van der Waals surface area contributed by atoms with Gasteiger partial charge in [-0.15, -0.1) is 0 Å². The number of carbonyl (C=O) groups excluding carboxylic acids is 3. The zero-order valence-corrected chi connectivity index (χ0v) is 15.4. The molecule has 0 saturated heterocycles. The average Bonchev–Trinajstić information content (AvgIpc) is 2.94. The molecular formula is C21H19N3O4. The molecule has 0 atom stereocenters. The Kier molecular flexibility index (Phi) is 5.82. The Morgan fingerprint density at radius 3 is 2.50 bits per heavy atom. The lowest BCUT2D eigenvalue weighted by molar-refractivity contribution is 0.0638. The van der Waals surface area contributed by atoms with Gasteiger partial charge in [0, 0.05) is 31.5 Å². The van der Waals surface area contributed by atoms with Crippen LogP contribution >= 0.6 is 0 Å². The third-order valence-corrected chi connectivity index (χ3v) is 4.46. The summed E-state index contributed by atoms with van der Waals surface area (Å²) in [5, 5.41) is 11.4. The number of methoxy groups -OCH3 is 1. The van der Waals surface area contributed by atoms with Gasteiger partial charge < -0.3 is 10.1 Å². The maximum absolute atomic E-state index is 12.5. The number of nitriles is 1. The molecule has 0 bridgehead atoms. The van der Waals surface area contributed by atoms with Gasteiger partial charge in [0.05, 0.1) is 23.6 Å². The predicted molar refractivity (Wildman–Crippen MR) is 102 cm³/mol. The molecule has 0 radical (unpaired) electrons. The summed E-state index contributed by atoms with van der Waals surface area (Å²) in [7, 11) is 1.56. The smallest absolute Gasteiger partial charge is 0.261 e. The van der Waals surface area contributed by atoms with Crippen molar-refractivity contribution in [3.8, 4) is 6.07 Å². The van der Waals surface area contributed by atoms with Crippen LogP contribution in [0.4, 0.5) is 5.69 Å². The summed E-state index contributed by atoms with van der Waals surface area (Å²) in [6.07, 6.45) is 0.854. The van der Waals surface area contributed by atoms with Crippen molar-refractivity contribution in [1.82, 2.24) is 4.90 Å². The molecule has 3 amide bonds. The largest absolute Gasteiger partial charge is 0.385 e. The number of hydrogen-bond donors (Lipinski definition) is 1. The van der Waals surface area contributed by atoms with Crippen molar-refractivity contribution in [1.29, 1.82) is 5.26 Å². The van der Waals surface area contributed by atoms with Crippen LogP contribution in [-0.2, 0) is 11.2 Å². The molecular weight excluding hydrogens is 358 g/mol. The molecule has 2 aromatic rings. The molecule has 3 rings (SSSR count). The number of anilines is 1. The third-order valence-electron chi connectivity index (χ3n) is 4.46. The van der Waals surface area contributed by atoms with E-state index in [0.29, 0.717) is 36.3 Å². The van der Waals surface area contributed by atoms with Crippen LogP contribution in [-0.4, -0.2) is 42.9 Å². The minimum atomic E-state index is -0.397. The fourth-order valence-electron chi connectivity index (χ4n) is 3.00. The molecule has 7 heteroatoms. The fraction of sp³-hybridized carbons (Fsp3) is 0.238. The lowest BCUT2D eigenvalue weighted by Crippen LogP contribution is -2.31. The van der Waals surface area contributed by atoms with E-state index in [-0.39, 0.29) is 23.9 Å². The second kappa shape index (κ2) is 8.46. The van der Waals surface area contributed by atoms with Gasteiger partial charge in [0.25, 0.3) is 17.7 Å². The molecule has 2 aromatic carbocycles. The highest BCUT2D eigenvalue weighted by Crippen LogP contribution is 2.24. The Bertz CT molecular complexity index is 961. The highest BCUT2D eigenvalue weighted by atomic mass is 16.5. The summed E-state index contributed by atoms with van der Waals surface area (Å²) in [4.78, 5) is 38.6. The SMILES string of the molecule is COCCCN1C(=O)c2ccc(C(=O)Nc3ccc(CC#N)cc3)cc2C1=O. The monoisotopic (exact) mass is 377 g/mol. The third kappa shape index (κ3) is 3.92. The van der Waals surface area contributed by atoms with Crippen molar-refractivity contribution in [2.75, 3.05) is 25.6 Å². The molecule has 1 heterocycles. The predicted octanol–water partition coefficient (Wildman–Crippen LogP) is 2.64. The van der Waals surface area contributed by atoms with Crippen LogP contribution in [0.15, 0.2) is 42.5 Å². The first-order valence-corrected chi connectivity index (χ1v) is 8.81. The van der Waals surface area contributed by atoms with Crippen molar-refractivity contribution >= 4 is 23.4 Å². The number of benzene rings is 2. The number of nitrogens with one attached hydrogen (secondary N) is 1. The first-order chi connectivity index (χ1) is 13.5. The minimum absolute atomic E-state index is 0.236. The highest BCUT2D eigenvalue weighted by Gasteiger charge is 2.35. The summed E-state index contributed by atoms with van der Waals surface area (Å²) in [6.45, 7) is 0.727. The normalized spacial score (nSPS) is 12.6. The van der Waals surface area contributed by atoms with Crippen molar-refractivity contribution in [2.24, 2.45) is 0 Å². The van der Waals surface area contributed by atoms with E-state index in [1.165, 1.54) is 23.1 Å². The van der Waals surface area contributed by atoms with Crippen molar-refractivity contribution in [2.45, 2.75) is 12.8 Å². The average molecular weight is 377 g/mol. The van der Waals surface area contributed by atoms with E-state index < -0.39 is 5.91 Å². The molecule has 1 N–H and O–H groups in total. The Balaban J connectivity index is 1.73. The molecule has 1 aliphatic heterocycles. The topological polar surface area (TPSA) is 99.5 Å². The lowest BCUT2D eigenvalue weighted by atomic mass is 10.1. The second-order valence-electron chi connectivity index (χ2n) is 6.35. The Morgan fingerprint density at radius 1 is 1.11 bits per heavy atom. The van der Waals surface area contributed by atoms with Crippen LogP contribution in [0.25, 0.3) is 0 Å². The first-order valence-electron chi connectivity index (χ1n) is 8.81. The summed E-state index contributed by atoms with van der Waals surface area (Å²) in [5.41, 5.74) is 2.27. The molecule has 0 unspecified atom stereocenters. The summed E-state index contributed by atoms with van der Waals surface area (Å²) < 4.78 is 4.96. The van der Waals surface area contributed by atoms with E-state index in [1.807, 2.05) is 0 Å². The molecule has 0 fully saturated rings. The van der Waals surface area contributed by atoms with Gasteiger partial charge in [-0.2, -0.15) is 5.26 Å². The number of imide groups is 1. The van der Waals surface area contributed by atoms with E-state index in [4.69, 9.17) is 10.00 Å². The molecule has 0 spiro atoms. The van der Waals surface area contributed by atoms with E-state index >= 15 is 0 Å². The fourth-order valence-corrected chi connectivity index (χ4v) is 3.00. The summed E-state index contributed by atoms with van der Waals surface area (Å²) in [6, 6.07) is 13.5. The second-order valence-corrected chi connectivity index (χ2v) is 6.35. The van der Waals surface area contributed by atoms with Crippen LogP contribution in [0.3, 0.4) is 0 Å². The van der Waals surface area contributed by atoms with Gasteiger partial charge >= 0.3 is 0 Å². The number of amides is 3. The number of carbonyl (C=O) groups is 3. The standard InChI is InChI=1S/C21H19N3O4/c1-28-12-2-11-24-20(26)17-8-5-15(13-18(17)21(24)27)19(25)23-16-6-3-14(4-7-16)9-10-22/h3-8,13H,2,9,11-12H2,1H3,(H,23,25). The van der Waals surface area contributed by atoms with Crippen LogP contribution in [0, 0.1) is 11.3 Å². The van der Waals surface area contributed by atoms with Gasteiger partial charge in [-0.1, -0.05) is 12.1 Å². The molecule has 0 aliphatic carbocycles. The van der Waals surface area contributed by atoms with E-state index in [1.54, 1.807) is 31.4 Å². The van der Waals surface area contributed by atoms with Crippen molar-refractivity contribution in [3.63, 3.8) is 0 Å². The van der Waals surface area contributed by atoms with Crippen LogP contribution in [0.1, 0.15) is 43.1 Å². The van der Waals surface area contributed by atoms with Crippen LogP contribution in [0.2, 0.25) is 0 Å². The zero-order chi connectivity index (χ0) is 20.1.